The SMILES string of the molecule is N=C(CCC(=O)O)O[SH](=O)=O. The molecule has 0 atom stereocenters. The van der Waals surface area contributed by atoms with Crippen molar-refractivity contribution in [3.8, 4) is 0 Å². The molecule has 0 unspecified atom stereocenters. The van der Waals surface area contributed by atoms with Gasteiger partial charge in [-0.05, 0) is 0 Å². The minimum absolute atomic E-state index is 0.210. The molecule has 2 N–H and O–H groups in total. The maximum atomic E-state index is 9.89. The Morgan fingerprint density at radius 3 is 2.36 bits per heavy atom. The van der Waals surface area contributed by atoms with Gasteiger partial charge in [0.1, 0.15) is 0 Å². The van der Waals surface area contributed by atoms with Crippen LogP contribution in [-0.4, -0.2) is 25.4 Å². The number of aliphatic carboxylic acids is 1. The number of hydrogen-bond donors (Lipinski definition) is 3. The molecule has 0 aromatic heterocycles. The van der Waals surface area contributed by atoms with Gasteiger partial charge in [0, 0.05) is 6.42 Å². The van der Waals surface area contributed by atoms with Crippen LogP contribution in [0.3, 0.4) is 0 Å². The van der Waals surface area contributed by atoms with Gasteiger partial charge in [0.25, 0.3) is 11.0 Å². The number of carboxylic acids is 1. The Balaban J connectivity index is 3.62. The third-order valence-corrected chi connectivity index (χ3v) is 1.12. The second kappa shape index (κ2) is 4.67. The van der Waals surface area contributed by atoms with Gasteiger partial charge in [-0.15, -0.1) is 0 Å². The fourth-order valence-corrected chi connectivity index (χ4v) is 0.627. The van der Waals surface area contributed by atoms with Gasteiger partial charge in [0.15, 0.2) is 0 Å². The fourth-order valence-electron chi connectivity index (χ4n) is 0.356. The summed E-state index contributed by atoms with van der Waals surface area (Å²) in [5.74, 6) is -1.65. The van der Waals surface area contributed by atoms with Crippen LogP contribution in [0.15, 0.2) is 0 Å². The van der Waals surface area contributed by atoms with E-state index in [0.29, 0.717) is 0 Å². The van der Waals surface area contributed by atoms with E-state index in [4.69, 9.17) is 10.5 Å². The lowest BCUT2D eigenvalue weighted by Crippen LogP contribution is -2.05. The molecule has 0 aromatic carbocycles. The Morgan fingerprint density at radius 1 is 1.45 bits per heavy atom. The minimum atomic E-state index is -3.09. The molecule has 0 saturated heterocycles. The molecule has 0 spiro atoms. The zero-order chi connectivity index (χ0) is 8.85. The normalized spacial score (nSPS) is 9.55. The summed E-state index contributed by atoms with van der Waals surface area (Å²) in [6.07, 6.45) is -0.513. The smallest absolute Gasteiger partial charge is 0.303 e. The third kappa shape index (κ3) is 6.78. The van der Waals surface area contributed by atoms with Crippen molar-refractivity contribution in [1.29, 1.82) is 5.41 Å². The second-order valence-electron chi connectivity index (χ2n) is 1.63. The predicted octanol–water partition coefficient (Wildman–Crippen LogP) is -0.629. The van der Waals surface area contributed by atoms with Gasteiger partial charge in [-0.1, -0.05) is 0 Å². The Hall–Kier alpha value is -1.11. The maximum absolute atomic E-state index is 9.89. The molecule has 0 heterocycles. The van der Waals surface area contributed by atoms with E-state index in [1.54, 1.807) is 0 Å². The number of hydrogen-bond acceptors (Lipinski definition) is 5. The number of carbonyl (C=O) groups is 1. The minimum Gasteiger partial charge on any atom is -0.481 e. The summed E-state index contributed by atoms with van der Waals surface area (Å²) >= 11 is 0. The summed E-state index contributed by atoms with van der Waals surface area (Å²) in [5, 5.41) is 14.8. The summed E-state index contributed by atoms with van der Waals surface area (Å²) in [4.78, 5) is 9.89. The molecule has 0 fully saturated rings. The predicted molar refractivity (Wildman–Crippen MR) is 36.0 cm³/mol. The van der Waals surface area contributed by atoms with Crippen molar-refractivity contribution in [2.24, 2.45) is 0 Å². The van der Waals surface area contributed by atoms with Crippen LogP contribution < -0.4 is 0 Å². The lowest BCUT2D eigenvalue weighted by atomic mass is 10.3. The molecule has 6 nitrogen and oxygen atoms in total. The third-order valence-electron chi connectivity index (χ3n) is 0.751. The molecule has 0 bridgehead atoms. The van der Waals surface area contributed by atoms with E-state index >= 15 is 0 Å². The number of nitrogens with one attached hydrogen (secondary N) is 1. The Labute approximate surface area is 64.5 Å². The van der Waals surface area contributed by atoms with Gasteiger partial charge in [-0.3, -0.25) is 10.2 Å². The van der Waals surface area contributed by atoms with E-state index in [9.17, 15) is 13.2 Å². The molecule has 0 aliphatic heterocycles. The van der Waals surface area contributed by atoms with Crippen molar-refractivity contribution in [3.05, 3.63) is 0 Å². The van der Waals surface area contributed by atoms with Crippen LogP contribution >= 0.6 is 0 Å². The van der Waals surface area contributed by atoms with E-state index in [-0.39, 0.29) is 12.8 Å². The molecular weight excluding hydrogens is 174 g/mol. The zero-order valence-electron chi connectivity index (χ0n) is 5.44. The van der Waals surface area contributed by atoms with Crippen molar-refractivity contribution in [1.82, 2.24) is 0 Å². The highest BCUT2D eigenvalue weighted by atomic mass is 32.2. The van der Waals surface area contributed by atoms with Crippen molar-refractivity contribution >= 4 is 22.9 Å². The quantitative estimate of drug-likeness (QED) is 0.304. The molecular formula is C4H7NO5S. The van der Waals surface area contributed by atoms with Gasteiger partial charge >= 0.3 is 5.97 Å². The summed E-state index contributed by atoms with van der Waals surface area (Å²) < 4.78 is 23.4. The van der Waals surface area contributed by atoms with Gasteiger partial charge in [-0.2, -0.15) is 8.42 Å². The van der Waals surface area contributed by atoms with Crippen LogP contribution in [0, 0.1) is 5.41 Å². The van der Waals surface area contributed by atoms with Gasteiger partial charge in [0.05, 0.1) is 6.42 Å². The average molecular weight is 181 g/mol. The van der Waals surface area contributed by atoms with Gasteiger partial charge < -0.3 is 9.29 Å². The first-order valence-electron chi connectivity index (χ1n) is 2.64. The van der Waals surface area contributed by atoms with Crippen LogP contribution in [0.5, 0.6) is 0 Å². The van der Waals surface area contributed by atoms with E-state index < -0.39 is 22.9 Å². The van der Waals surface area contributed by atoms with E-state index in [1.165, 1.54) is 0 Å². The molecule has 0 aliphatic rings. The number of thiol groups is 1. The van der Waals surface area contributed by atoms with Crippen molar-refractivity contribution < 1.29 is 22.5 Å². The lowest BCUT2D eigenvalue weighted by Gasteiger charge is -1.95. The Bertz CT molecular complexity index is 225. The van der Waals surface area contributed by atoms with Crippen molar-refractivity contribution in [2.45, 2.75) is 12.8 Å². The average Bonchev–Trinajstić information content (AvgIpc) is 1.82. The van der Waals surface area contributed by atoms with Crippen LogP contribution in [0.25, 0.3) is 0 Å². The van der Waals surface area contributed by atoms with Crippen LogP contribution in [0.2, 0.25) is 0 Å². The van der Waals surface area contributed by atoms with Gasteiger partial charge in [0.2, 0.25) is 5.90 Å². The number of carboxylic acid groups (broad SMARTS) is 1. The lowest BCUT2D eigenvalue weighted by molar-refractivity contribution is -0.136. The highest BCUT2D eigenvalue weighted by Crippen LogP contribution is 1.92. The second-order valence-corrected chi connectivity index (χ2v) is 2.26. The first-order valence-corrected chi connectivity index (χ1v) is 3.73. The Kier molecular flexibility index (Phi) is 4.20. The maximum Gasteiger partial charge on any atom is 0.303 e. The van der Waals surface area contributed by atoms with Crippen LogP contribution in [-0.2, 0) is 20.0 Å². The number of rotatable bonds is 4. The van der Waals surface area contributed by atoms with Crippen molar-refractivity contribution in [2.75, 3.05) is 0 Å². The highest BCUT2D eigenvalue weighted by Gasteiger charge is 2.02. The molecule has 0 amide bonds. The molecule has 0 aliphatic carbocycles. The molecule has 0 saturated carbocycles. The molecule has 0 radical (unpaired) electrons. The van der Waals surface area contributed by atoms with Crippen molar-refractivity contribution in [3.63, 3.8) is 0 Å². The van der Waals surface area contributed by atoms with E-state index in [1.807, 2.05) is 0 Å². The first kappa shape index (κ1) is 9.89. The van der Waals surface area contributed by atoms with Crippen LogP contribution in [0.1, 0.15) is 12.8 Å². The topological polar surface area (TPSA) is 105 Å². The monoisotopic (exact) mass is 181 g/mol. The standard InChI is InChI=1S/C4H7NO5S/c5-3(10-11(8)9)1-2-4(6)7/h5,11H,1-2H2,(H,6,7). The largest absolute Gasteiger partial charge is 0.481 e. The summed E-state index contributed by atoms with van der Waals surface area (Å²) in [6.45, 7) is 0. The fraction of sp³-hybridized carbons (Fsp3) is 0.500. The van der Waals surface area contributed by atoms with Gasteiger partial charge in [-0.25, -0.2) is 0 Å². The molecule has 7 heteroatoms. The summed E-state index contributed by atoms with van der Waals surface area (Å²) in [5.41, 5.74) is 0. The summed E-state index contributed by atoms with van der Waals surface area (Å²) in [6, 6.07) is 0. The van der Waals surface area contributed by atoms with E-state index in [2.05, 4.69) is 4.18 Å². The first-order chi connectivity index (χ1) is 5.02. The zero-order valence-corrected chi connectivity index (χ0v) is 6.34. The van der Waals surface area contributed by atoms with Crippen LogP contribution in [0.4, 0.5) is 0 Å². The molecule has 11 heavy (non-hydrogen) atoms. The highest BCUT2D eigenvalue weighted by molar-refractivity contribution is 7.67. The Morgan fingerprint density at radius 2 is 2.00 bits per heavy atom. The molecule has 0 rings (SSSR count). The van der Waals surface area contributed by atoms with E-state index in [0.717, 1.165) is 0 Å². The molecule has 0 aromatic rings. The molecule has 64 valence electrons. The summed E-state index contributed by atoms with van der Waals surface area (Å²) in [7, 11) is -3.09.